The second-order valence-electron chi connectivity index (χ2n) is 4.06. The van der Waals surface area contributed by atoms with Gasteiger partial charge < -0.3 is 15.4 Å². The van der Waals surface area contributed by atoms with E-state index in [9.17, 15) is 14.4 Å². The molecule has 1 unspecified atom stereocenters. The number of hydrogen-bond donors (Lipinski definition) is 2. The Hall–Kier alpha value is -1.89. The van der Waals surface area contributed by atoms with Crippen molar-refractivity contribution in [3.8, 4) is 0 Å². The first-order chi connectivity index (χ1) is 9.54. The molecule has 2 amide bonds. The highest BCUT2D eigenvalue weighted by atomic mass is 32.1. The maximum Gasteiger partial charge on any atom is 0.328 e. The average Bonchev–Trinajstić information content (AvgIpc) is 2.92. The van der Waals surface area contributed by atoms with E-state index in [1.807, 2.05) is 5.38 Å². The van der Waals surface area contributed by atoms with E-state index in [-0.39, 0.29) is 31.4 Å². The Bertz CT molecular complexity index is 459. The highest BCUT2D eigenvalue weighted by molar-refractivity contribution is 7.08. The molecule has 0 aromatic carbocycles. The summed E-state index contributed by atoms with van der Waals surface area (Å²) in [6, 6.07) is 1.03. The third kappa shape index (κ3) is 5.40. The first kappa shape index (κ1) is 16.2. The van der Waals surface area contributed by atoms with Crippen LogP contribution >= 0.6 is 11.3 Å². The zero-order chi connectivity index (χ0) is 15.0. The van der Waals surface area contributed by atoms with E-state index < -0.39 is 12.0 Å². The summed E-state index contributed by atoms with van der Waals surface area (Å²) in [6.45, 7) is 3.75. The molecule has 0 aliphatic rings. The molecule has 20 heavy (non-hydrogen) atoms. The van der Waals surface area contributed by atoms with Crippen molar-refractivity contribution in [2.24, 2.45) is 0 Å². The summed E-state index contributed by atoms with van der Waals surface area (Å²) < 4.78 is 4.77. The van der Waals surface area contributed by atoms with Crippen LogP contribution in [0.25, 0.3) is 0 Å². The Morgan fingerprint density at radius 1 is 1.40 bits per heavy atom. The molecule has 1 heterocycles. The predicted octanol–water partition coefficient (Wildman–Crippen LogP) is 0.936. The summed E-state index contributed by atoms with van der Waals surface area (Å²) in [5.41, 5.74) is 0.579. The lowest BCUT2D eigenvalue weighted by Crippen LogP contribution is -2.40. The Kier molecular flexibility index (Phi) is 6.72. The van der Waals surface area contributed by atoms with Crippen LogP contribution < -0.4 is 10.6 Å². The summed E-state index contributed by atoms with van der Waals surface area (Å²) in [6.07, 6.45) is 0.111. The molecule has 2 N–H and O–H groups in total. The summed E-state index contributed by atoms with van der Waals surface area (Å²) in [7, 11) is 0. The van der Waals surface area contributed by atoms with Crippen LogP contribution in [0.15, 0.2) is 16.8 Å². The van der Waals surface area contributed by atoms with Crippen molar-refractivity contribution < 1.29 is 19.1 Å². The van der Waals surface area contributed by atoms with Crippen molar-refractivity contribution in [3.05, 3.63) is 22.4 Å². The minimum Gasteiger partial charge on any atom is -0.464 e. The molecule has 0 aliphatic heterocycles. The Balaban J connectivity index is 2.23. The fourth-order valence-corrected chi connectivity index (χ4v) is 2.06. The van der Waals surface area contributed by atoms with Crippen LogP contribution in [-0.4, -0.2) is 37.0 Å². The first-order valence-electron chi connectivity index (χ1n) is 6.31. The van der Waals surface area contributed by atoms with Gasteiger partial charge in [0.2, 0.25) is 5.91 Å². The topological polar surface area (TPSA) is 84.5 Å². The zero-order valence-corrected chi connectivity index (χ0v) is 12.3. The molecule has 1 atom stereocenters. The van der Waals surface area contributed by atoms with E-state index in [0.29, 0.717) is 5.56 Å². The fraction of sp³-hybridized carbons (Fsp3) is 0.462. The molecule has 0 radical (unpaired) electrons. The van der Waals surface area contributed by atoms with Crippen molar-refractivity contribution >= 4 is 29.1 Å². The Labute approximate surface area is 121 Å². The molecule has 0 saturated carbocycles. The molecular formula is C13H18N2O4S. The van der Waals surface area contributed by atoms with Crippen LogP contribution in [0.1, 0.15) is 30.6 Å². The molecule has 0 spiro atoms. The summed E-state index contributed by atoms with van der Waals surface area (Å²) in [4.78, 5) is 34.5. The number of ether oxygens (including phenoxy) is 1. The van der Waals surface area contributed by atoms with Gasteiger partial charge in [-0.15, -0.1) is 0 Å². The molecule has 6 nitrogen and oxygen atoms in total. The van der Waals surface area contributed by atoms with Gasteiger partial charge in [0, 0.05) is 23.9 Å². The van der Waals surface area contributed by atoms with E-state index in [1.54, 1.807) is 25.3 Å². The number of nitrogens with one attached hydrogen (secondary N) is 2. The van der Waals surface area contributed by atoms with E-state index in [4.69, 9.17) is 4.74 Å². The van der Waals surface area contributed by atoms with Crippen molar-refractivity contribution in [2.45, 2.75) is 26.3 Å². The van der Waals surface area contributed by atoms with Crippen molar-refractivity contribution in [1.29, 1.82) is 0 Å². The van der Waals surface area contributed by atoms with Crippen LogP contribution in [-0.2, 0) is 14.3 Å². The lowest BCUT2D eigenvalue weighted by atomic mass is 10.3. The van der Waals surface area contributed by atoms with Gasteiger partial charge >= 0.3 is 5.97 Å². The molecule has 110 valence electrons. The van der Waals surface area contributed by atoms with Gasteiger partial charge in [0.05, 0.1) is 6.61 Å². The summed E-state index contributed by atoms with van der Waals surface area (Å²) in [5.74, 6) is -0.989. The number of amides is 2. The Morgan fingerprint density at radius 3 is 2.75 bits per heavy atom. The van der Waals surface area contributed by atoms with E-state index in [2.05, 4.69) is 10.6 Å². The number of thiophene rings is 1. The van der Waals surface area contributed by atoms with Gasteiger partial charge in [-0.3, -0.25) is 9.59 Å². The normalized spacial score (nSPS) is 11.5. The molecule has 0 fully saturated rings. The van der Waals surface area contributed by atoms with E-state index in [1.165, 1.54) is 11.3 Å². The highest BCUT2D eigenvalue weighted by Gasteiger charge is 2.16. The molecule has 0 bridgehead atoms. The number of hydrogen-bond acceptors (Lipinski definition) is 5. The molecule has 0 saturated heterocycles. The van der Waals surface area contributed by atoms with Gasteiger partial charge in [0.15, 0.2) is 0 Å². The molecule has 7 heteroatoms. The summed E-state index contributed by atoms with van der Waals surface area (Å²) in [5, 5.41) is 8.69. The maximum atomic E-state index is 11.6. The zero-order valence-electron chi connectivity index (χ0n) is 11.5. The lowest BCUT2D eigenvalue weighted by molar-refractivity contribution is -0.146. The molecule has 1 rings (SSSR count). The number of carbonyl (C=O) groups is 3. The molecule has 1 aromatic rings. The number of rotatable bonds is 7. The van der Waals surface area contributed by atoms with Gasteiger partial charge in [0.1, 0.15) is 6.04 Å². The van der Waals surface area contributed by atoms with Crippen LogP contribution in [0.2, 0.25) is 0 Å². The minimum atomic E-state index is -0.685. The average molecular weight is 298 g/mol. The highest BCUT2D eigenvalue weighted by Crippen LogP contribution is 2.05. The standard InChI is InChI=1S/C13H18N2O4S/c1-3-19-13(18)9(2)15-11(16)4-6-14-12(17)10-5-7-20-8-10/h5,7-9H,3-4,6H2,1-2H3,(H,14,17)(H,15,16). The van der Waals surface area contributed by atoms with Crippen molar-refractivity contribution in [1.82, 2.24) is 10.6 Å². The quantitative estimate of drug-likeness (QED) is 0.734. The minimum absolute atomic E-state index is 0.111. The second-order valence-corrected chi connectivity index (χ2v) is 4.84. The van der Waals surface area contributed by atoms with Crippen molar-refractivity contribution in [2.75, 3.05) is 13.2 Å². The monoisotopic (exact) mass is 298 g/mol. The van der Waals surface area contributed by atoms with Crippen LogP contribution in [0.4, 0.5) is 0 Å². The van der Waals surface area contributed by atoms with Gasteiger partial charge in [-0.25, -0.2) is 4.79 Å². The molecular weight excluding hydrogens is 280 g/mol. The SMILES string of the molecule is CCOC(=O)C(C)NC(=O)CCNC(=O)c1ccsc1. The smallest absolute Gasteiger partial charge is 0.328 e. The van der Waals surface area contributed by atoms with E-state index in [0.717, 1.165) is 0 Å². The number of esters is 1. The molecule has 0 aliphatic carbocycles. The predicted molar refractivity (Wildman–Crippen MR) is 75.5 cm³/mol. The largest absolute Gasteiger partial charge is 0.464 e. The lowest BCUT2D eigenvalue weighted by Gasteiger charge is -2.12. The summed E-state index contributed by atoms with van der Waals surface area (Å²) >= 11 is 1.43. The Morgan fingerprint density at radius 2 is 2.15 bits per heavy atom. The van der Waals surface area contributed by atoms with Gasteiger partial charge in [-0.2, -0.15) is 11.3 Å². The number of carbonyl (C=O) groups excluding carboxylic acids is 3. The first-order valence-corrected chi connectivity index (χ1v) is 7.25. The van der Waals surface area contributed by atoms with Gasteiger partial charge in [-0.1, -0.05) is 0 Å². The molecule has 1 aromatic heterocycles. The maximum absolute atomic E-state index is 11.6. The van der Waals surface area contributed by atoms with Crippen LogP contribution in [0.3, 0.4) is 0 Å². The fourth-order valence-electron chi connectivity index (χ4n) is 1.43. The third-order valence-electron chi connectivity index (χ3n) is 2.44. The van der Waals surface area contributed by atoms with Crippen molar-refractivity contribution in [3.63, 3.8) is 0 Å². The second kappa shape index (κ2) is 8.31. The van der Waals surface area contributed by atoms with Gasteiger partial charge in [-0.05, 0) is 25.3 Å². The van der Waals surface area contributed by atoms with Crippen LogP contribution in [0.5, 0.6) is 0 Å². The van der Waals surface area contributed by atoms with Crippen LogP contribution in [0, 0.1) is 0 Å². The van der Waals surface area contributed by atoms with E-state index >= 15 is 0 Å². The van der Waals surface area contributed by atoms with Gasteiger partial charge in [0.25, 0.3) is 5.91 Å². The third-order valence-corrected chi connectivity index (χ3v) is 3.12.